The monoisotopic (exact) mass is 429 g/mol. The van der Waals surface area contributed by atoms with Crippen molar-refractivity contribution in [3.05, 3.63) is 0 Å². The molecule has 0 saturated heterocycles. The first-order valence-electron chi connectivity index (χ1n) is 8.71. The van der Waals surface area contributed by atoms with E-state index in [0.717, 1.165) is 0 Å². The zero-order valence-corrected chi connectivity index (χ0v) is 19.0. The number of carbonyl (C=O) groups is 1. The molecule has 0 spiro atoms. The molecule has 0 aromatic carbocycles. The van der Waals surface area contributed by atoms with Crippen LogP contribution in [0.2, 0.25) is 18.1 Å². The molecular weight excluding hydrogens is 394 g/mol. The number of rotatable bonds is 13. The lowest BCUT2D eigenvalue weighted by Gasteiger charge is -2.36. The van der Waals surface area contributed by atoms with Gasteiger partial charge in [0.2, 0.25) is 0 Å². The highest BCUT2D eigenvalue weighted by Gasteiger charge is 2.37. The first-order chi connectivity index (χ1) is 12.3. The van der Waals surface area contributed by atoms with Crippen molar-refractivity contribution in [3.63, 3.8) is 0 Å². The van der Waals surface area contributed by atoms with Crippen LogP contribution in [0.3, 0.4) is 0 Å². The molecule has 1 atom stereocenters. The van der Waals surface area contributed by atoms with Crippen LogP contribution in [0.15, 0.2) is 0 Å². The van der Waals surface area contributed by atoms with Crippen LogP contribution in [0, 0.1) is 0 Å². The minimum Gasteiger partial charge on any atom is -0.447 e. The Morgan fingerprint density at radius 1 is 1.15 bits per heavy atom. The molecule has 0 aromatic rings. The molecule has 0 aliphatic rings. The fourth-order valence-electron chi connectivity index (χ4n) is 1.43. The van der Waals surface area contributed by atoms with Gasteiger partial charge in [0.15, 0.2) is 8.32 Å². The molecule has 0 aromatic heterocycles. The standard InChI is InChI=1S/C15H35N3O7SSi/c1-15(2,3)27(5,6)25-12-13(16)11-24-14(19)18-26(20,21)17-7-8-23-10-9-22-4/h13,17H,7-12,16H2,1-6H3,(H,18,19)/t13-/m1/s1. The number of nitrogens with two attached hydrogens (primary N) is 1. The van der Waals surface area contributed by atoms with Gasteiger partial charge in [0.05, 0.1) is 32.5 Å². The number of carbonyl (C=O) groups excluding carboxylic acids is 1. The van der Waals surface area contributed by atoms with Gasteiger partial charge in [-0.15, -0.1) is 0 Å². The highest BCUT2D eigenvalue weighted by Crippen LogP contribution is 2.36. The van der Waals surface area contributed by atoms with Gasteiger partial charge in [-0.2, -0.15) is 13.1 Å². The molecule has 0 heterocycles. The molecule has 0 fully saturated rings. The third kappa shape index (κ3) is 12.3. The Bertz CT molecular complexity index is 538. The zero-order chi connectivity index (χ0) is 21.1. The van der Waals surface area contributed by atoms with E-state index < -0.39 is 30.7 Å². The number of amides is 1. The minimum absolute atomic E-state index is 0.00615. The molecule has 0 aliphatic carbocycles. The van der Waals surface area contributed by atoms with Gasteiger partial charge in [0.25, 0.3) is 0 Å². The number of hydrogen-bond donors (Lipinski definition) is 3. The molecule has 0 unspecified atom stereocenters. The third-order valence-corrected chi connectivity index (χ3v) is 9.60. The maximum atomic E-state index is 11.7. The van der Waals surface area contributed by atoms with Crippen molar-refractivity contribution < 1.29 is 31.8 Å². The van der Waals surface area contributed by atoms with Gasteiger partial charge in [0, 0.05) is 13.7 Å². The number of ether oxygens (including phenoxy) is 3. The predicted octanol–water partition coefficient (Wildman–Crippen LogP) is 0.559. The van der Waals surface area contributed by atoms with E-state index in [0.29, 0.717) is 13.2 Å². The summed E-state index contributed by atoms with van der Waals surface area (Å²) in [6.45, 7) is 11.5. The predicted molar refractivity (Wildman–Crippen MR) is 105 cm³/mol. The van der Waals surface area contributed by atoms with E-state index in [9.17, 15) is 13.2 Å². The van der Waals surface area contributed by atoms with Gasteiger partial charge in [0.1, 0.15) is 6.61 Å². The molecule has 4 N–H and O–H groups in total. The molecule has 10 nitrogen and oxygen atoms in total. The van der Waals surface area contributed by atoms with Crippen molar-refractivity contribution in [2.75, 3.05) is 46.7 Å². The Morgan fingerprint density at radius 2 is 1.78 bits per heavy atom. The Morgan fingerprint density at radius 3 is 2.33 bits per heavy atom. The smallest absolute Gasteiger partial charge is 0.421 e. The highest BCUT2D eigenvalue weighted by atomic mass is 32.2. The number of nitrogens with one attached hydrogen (secondary N) is 2. The average Bonchev–Trinajstić information content (AvgIpc) is 2.52. The molecule has 0 bridgehead atoms. The summed E-state index contributed by atoms with van der Waals surface area (Å²) in [6, 6.07) is -0.547. The van der Waals surface area contributed by atoms with Crippen molar-refractivity contribution in [2.45, 2.75) is 44.9 Å². The van der Waals surface area contributed by atoms with Crippen LogP contribution < -0.4 is 15.2 Å². The van der Waals surface area contributed by atoms with Crippen LogP contribution in [0.4, 0.5) is 4.79 Å². The molecule has 0 saturated carbocycles. The summed E-state index contributed by atoms with van der Waals surface area (Å²) in [5.74, 6) is 0. The van der Waals surface area contributed by atoms with Gasteiger partial charge in [-0.05, 0) is 18.1 Å². The summed E-state index contributed by atoms with van der Waals surface area (Å²) < 4.78 is 47.9. The fraction of sp³-hybridized carbons (Fsp3) is 0.933. The van der Waals surface area contributed by atoms with Crippen molar-refractivity contribution in [1.82, 2.24) is 9.44 Å². The summed E-state index contributed by atoms with van der Waals surface area (Å²) in [5, 5.41) is 0.0397. The lowest BCUT2D eigenvalue weighted by Crippen LogP contribution is -2.46. The minimum atomic E-state index is -4.03. The first-order valence-corrected chi connectivity index (χ1v) is 13.1. The fourth-order valence-corrected chi connectivity index (χ4v) is 3.20. The van der Waals surface area contributed by atoms with E-state index in [1.54, 1.807) is 4.72 Å². The third-order valence-electron chi connectivity index (χ3n) is 4.08. The van der Waals surface area contributed by atoms with Gasteiger partial charge in [-0.1, -0.05) is 20.8 Å². The van der Waals surface area contributed by atoms with E-state index in [-0.39, 0.29) is 31.4 Å². The normalized spacial score (nSPS) is 14.0. The lowest BCUT2D eigenvalue weighted by atomic mass is 10.2. The zero-order valence-electron chi connectivity index (χ0n) is 17.2. The van der Waals surface area contributed by atoms with Crippen molar-refractivity contribution in [1.29, 1.82) is 0 Å². The maximum Gasteiger partial charge on any atom is 0.421 e. The SMILES string of the molecule is COCCOCCNS(=O)(=O)NC(=O)OC[C@@H](N)CO[Si](C)(C)C(C)(C)C. The second kappa shape index (κ2) is 11.9. The van der Waals surface area contributed by atoms with Crippen molar-refractivity contribution in [2.24, 2.45) is 5.73 Å². The Balaban J connectivity index is 4.09. The number of methoxy groups -OCH3 is 1. The van der Waals surface area contributed by atoms with Crippen LogP contribution in [-0.4, -0.2) is 75.6 Å². The summed E-state index contributed by atoms with van der Waals surface area (Å²) in [7, 11) is -4.44. The maximum absolute atomic E-state index is 11.7. The van der Waals surface area contributed by atoms with Crippen molar-refractivity contribution >= 4 is 24.6 Å². The highest BCUT2D eigenvalue weighted by molar-refractivity contribution is 7.88. The molecule has 0 rings (SSSR count). The molecule has 1 amide bonds. The van der Waals surface area contributed by atoms with E-state index in [1.807, 2.05) is 0 Å². The van der Waals surface area contributed by atoms with Crippen LogP contribution in [0.5, 0.6) is 0 Å². The van der Waals surface area contributed by atoms with Gasteiger partial charge >= 0.3 is 16.3 Å². The van der Waals surface area contributed by atoms with Gasteiger partial charge < -0.3 is 24.4 Å². The van der Waals surface area contributed by atoms with Crippen molar-refractivity contribution in [3.8, 4) is 0 Å². The van der Waals surface area contributed by atoms with Crippen LogP contribution in [0.1, 0.15) is 20.8 Å². The van der Waals surface area contributed by atoms with Gasteiger partial charge in [-0.25, -0.2) is 9.52 Å². The quantitative estimate of drug-likeness (QED) is 0.285. The second-order valence-electron chi connectivity index (χ2n) is 7.53. The Kier molecular flexibility index (Phi) is 11.6. The van der Waals surface area contributed by atoms with Crippen LogP contribution in [0.25, 0.3) is 0 Å². The summed E-state index contributed by atoms with van der Waals surface area (Å²) in [4.78, 5) is 11.6. The van der Waals surface area contributed by atoms with Gasteiger partial charge in [-0.3, -0.25) is 0 Å². The summed E-state index contributed by atoms with van der Waals surface area (Å²) in [6.07, 6.45) is -1.11. The second-order valence-corrected chi connectivity index (χ2v) is 13.8. The average molecular weight is 430 g/mol. The van der Waals surface area contributed by atoms with E-state index in [2.05, 4.69) is 38.6 Å². The number of hydrogen-bond acceptors (Lipinski definition) is 8. The van der Waals surface area contributed by atoms with Crippen LogP contribution >= 0.6 is 0 Å². The van der Waals surface area contributed by atoms with E-state index in [1.165, 1.54) is 7.11 Å². The Labute approximate surface area is 163 Å². The molecule has 12 heteroatoms. The summed E-state index contributed by atoms with van der Waals surface area (Å²) >= 11 is 0. The van der Waals surface area contributed by atoms with Crippen LogP contribution in [-0.2, 0) is 28.8 Å². The van der Waals surface area contributed by atoms with E-state index >= 15 is 0 Å². The molecule has 0 aliphatic heterocycles. The molecular formula is C15H35N3O7SSi. The topological polar surface area (TPSA) is 138 Å². The Hall–Kier alpha value is -0.763. The molecule has 27 heavy (non-hydrogen) atoms. The first kappa shape index (κ1) is 26.2. The largest absolute Gasteiger partial charge is 0.447 e. The summed E-state index contributed by atoms with van der Waals surface area (Å²) in [5.41, 5.74) is 5.87. The molecule has 0 radical (unpaired) electrons. The van der Waals surface area contributed by atoms with E-state index in [4.69, 9.17) is 24.4 Å². The molecule has 162 valence electrons. The lowest BCUT2D eigenvalue weighted by molar-refractivity contribution is 0.0736.